The lowest BCUT2D eigenvalue weighted by Gasteiger charge is -2.17. The normalized spacial score (nSPS) is 11.0. The zero-order chi connectivity index (χ0) is 22.7. The molecule has 32 heavy (non-hydrogen) atoms. The largest absolute Gasteiger partial charge is 0.497 e. The number of rotatable bonds is 8. The first-order chi connectivity index (χ1) is 15.4. The maximum Gasteiger partial charge on any atom is 0.303 e. The average Bonchev–Trinajstić information content (AvgIpc) is 3.17. The van der Waals surface area contributed by atoms with Crippen LogP contribution in [0.4, 0.5) is 5.69 Å². The molecule has 1 aromatic heterocycles. The Kier molecular flexibility index (Phi) is 6.12. The third-order valence-electron chi connectivity index (χ3n) is 5.76. The van der Waals surface area contributed by atoms with E-state index in [0.29, 0.717) is 13.0 Å². The number of benzene rings is 3. The van der Waals surface area contributed by atoms with Crippen LogP contribution in [0.5, 0.6) is 5.75 Å². The highest BCUT2D eigenvalue weighted by atomic mass is 16.5. The van der Waals surface area contributed by atoms with Gasteiger partial charge in [-0.25, -0.2) is 0 Å². The van der Waals surface area contributed by atoms with Gasteiger partial charge in [0.25, 0.3) is 0 Å². The molecule has 0 amide bonds. The fourth-order valence-electron chi connectivity index (χ4n) is 3.96. The maximum absolute atomic E-state index is 11.1. The number of nitrogens with zero attached hydrogens (tertiary/aromatic N) is 2. The summed E-state index contributed by atoms with van der Waals surface area (Å²) in [5, 5.41) is 18.1. The van der Waals surface area contributed by atoms with Crippen LogP contribution in [0.1, 0.15) is 23.1 Å². The Bertz CT molecular complexity index is 1280. The smallest absolute Gasteiger partial charge is 0.303 e. The zero-order valence-corrected chi connectivity index (χ0v) is 18.6. The van der Waals surface area contributed by atoms with Gasteiger partial charge in [0.1, 0.15) is 5.75 Å². The summed E-state index contributed by atoms with van der Waals surface area (Å²) in [6.07, 6.45) is 2.47. The first-order valence-electron chi connectivity index (χ1n) is 10.6. The number of aryl methyl sites for hydroxylation is 3. The van der Waals surface area contributed by atoms with Crippen molar-refractivity contribution >= 4 is 22.6 Å². The van der Waals surface area contributed by atoms with Gasteiger partial charge in [0, 0.05) is 36.7 Å². The molecule has 164 valence electrons. The molecule has 0 atom stereocenters. The molecule has 0 bridgehead atoms. The summed E-state index contributed by atoms with van der Waals surface area (Å²) in [6.45, 7) is 2.68. The van der Waals surface area contributed by atoms with Gasteiger partial charge < -0.3 is 15.2 Å². The number of hydrogen-bond acceptors (Lipinski definition) is 4. The van der Waals surface area contributed by atoms with Crippen LogP contribution in [0.2, 0.25) is 0 Å². The third-order valence-corrected chi connectivity index (χ3v) is 5.76. The van der Waals surface area contributed by atoms with Crippen molar-refractivity contribution in [2.45, 2.75) is 26.3 Å². The number of hydrogen-bond donors (Lipinski definition) is 2. The van der Waals surface area contributed by atoms with E-state index in [-0.39, 0.29) is 6.42 Å². The molecule has 2 N–H and O–H groups in total. The second-order valence-electron chi connectivity index (χ2n) is 7.96. The molecule has 4 aromatic rings. The molecule has 0 unspecified atom stereocenters. The Balaban J connectivity index is 1.72. The molecular formula is C26H27N3O3. The predicted octanol–water partition coefficient (Wildman–Crippen LogP) is 5.19. The van der Waals surface area contributed by atoms with Crippen molar-refractivity contribution in [2.75, 3.05) is 12.4 Å². The van der Waals surface area contributed by atoms with E-state index < -0.39 is 5.97 Å². The van der Waals surface area contributed by atoms with Crippen molar-refractivity contribution in [2.24, 2.45) is 7.05 Å². The number of fused-ring (bicyclic) bond motifs is 1. The van der Waals surface area contributed by atoms with E-state index in [1.807, 2.05) is 43.0 Å². The molecule has 3 aromatic carbocycles. The molecule has 0 saturated carbocycles. The summed E-state index contributed by atoms with van der Waals surface area (Å²) < 4.78 is 7.20. The van der Waals surface area contributed by atoms with Crippen molar-refractivity contribution in [3.05, 3.63) is 77.5 Å². The summed E-state index contributed by atoms with van der Waals surface area (Å²) in [5.74, 6) is 0.0368. The highest BCUT2D eigenvalue weighted by Gasteiger charge is 2.13. The van der Waals surface area contributed by atoms with Crippen LogP contribution in [0, 0.1) is 6.92 Å². The van der Waals surface area contributed by atoms with E-state index in [4.69, 9.17) is 9.84 Å². The third kappa shape index (κ3) is 4.59. The van der Waals surface area contributed by atoms with Crippen molar-refractivity contribution in [3.8, 4) is 16.9 Å². The Morgan fingerprint density at radius 3 is 2.78 bits per heavy atom. The molecule has 6 heteroatoms. The van der Waals surface area contributed by atoms with Crippen molar-refractivity contribution < 1.29 is 14.6 Å². The number of methoxy groups -OCH3 is 1. The standard InChI is InChI=1S/C26H27N3O3/c1-17-11-24(27-15-18-5-4-6-22(12-18)32-3)23(14-19(17)8-10-26(30)31)20-7-9-25-21(13-20)16-28-29(25)2/h4-7,9,11-14,16,27H,8,10,15H2,1-3H3,(H,30,31). The van der Waals surface area contributed by atoms with E-state index in [9.17, 15) is 4.79 Å². The number of anilines is 1. The molecule has 1 heterocycles. The summed E-state index contributed by atoms with van der Waals surface area (Å²) in [6, 6.07) is 18.5. The number of nitrogens with one attached hydrogen (secondary N) is 1. The minimum absolute atomic E-state index is 0.110. The SMILES string of the molecule is COc1cccc(CNc2cc(C)c(CCC(=O)O)cc2-c2ccc3c(cnn3C)c2)c1. The van der Waals surface area contributed by atoms with Crippen molar-refractivity contribution in [1.82, 2.24) is 9.78 Å². The van der Waals surface area contributed by atoms with E-state index in [1.54, 1.807) is 7.11 Å². The summed E-state index contributed by atoms with van der Waals surface area (Å²) >= 11 is 0. The van der Waals surface area contributed by atoms with Gasteiger partial charge in [-0.3, -0.25) is 9.48 Å². The van der Waals surface area contributed by atoms with Gasteiger partial charge >= 0.3 is 5.97 Å². The van der Waals surface area contributed by atoms with E-state index in [2.05, 4.69) is 46.8 Å². The van der Waals surface area contributed by atoms with Crippen LogP contribution in [-0.4, -0.2) is 28.0 Å². The van der Waals surface area contributed by atoms with Crippen LogP contribution in [0.25, 0.3) is 22.0 Å². The number of aliphatic carboxylic acids is 1. The van der Waals surface area contributed by atoms with E-state index in [0.717, 1.165) is 50.2 Å². The highest BCUT2D eigenvalue weighted by molar-refractivity contribution is 5.88. The summed E-state index contributed by atoms with van der Waals surface area (Å²) in [7, 11) is 3.59. The Morgan fingerprint density at radius 1 is 1.16 bits per heavy atom. The lowest BCUT2D eigenvalue weighted by molar-refractivity contribution is -0.136. The van der Waals surface area contributed by atoms with Gasteiger partial charge in [0.2, 0.25) is 0 Å². The van der Waals surface area contributed by atoms with Gasteiger partial charge in [-0.05, 0) is 72.0 Å². The Labute approximate surface area is 187 Å². The molecule has 4 rings (SSSR count). The average molecular weight is 430 g/mol. The minimum atomic E-state index is -0.789. The molecule has 0 aliphatic heterocycles. The number of ether oxygens (including phenoxy) is 1. The lowest BCUT2D eigenvalue weighted by Crippen LogP contribution is -2.04. The monoisotopic (exact) mass is 429 g/mol. The minimum Gasteiger partial charge on any atom is -0.497 e. The van der Waals surface area contributed by atoms with Crippen molar-refractivity contribution in [1.29, 1.82) is 0 Å². The Morgan fingerprint density at radius 2 is 2.00 bits per heavy atom. The molecule has 0 aliphatic rings. The number of aromatic nitrogens is 2. The fourth-order valence-corrected chi connectivity index (χ4v) is 3.96. The van der Waals surface area contributed by atoms with Gasteiger partial charge in [-0.1, -0.05) is 18.2 Å². The predicted molar refractivity (Wildman–Crippen MR) is 127 cm³/mol. The summed E-state index contributed by atoms with van der Waals surface area (Å²) in [4.78, 5) is 11.1. The van der Waals surface area contributed by atoms with Gasteiger partial charge in [0.15, 0.2) is 0 Å². The molecule has 0 saturated heterocycles. The first kappa shape index (κ1) is 21.4. The van der Waals surface area contributed by atoms with Crippen LogP contribution in [0.15, 0.2) is 60.8 Å². The van der Waals surface area contributed by atoms with Gasteiger partial charge in [-0.2, -0.15) is 5.10 Å². The number of carboxylic acid groups (broad SMARTS) is 1. The fraction of sp³-hybridized carbons (Fsp3) is 0.231. The number of carbonyl (C=O) groups is 1. The molecule has 0 fully saturated rings. The second kappa shape index (κ2) is 9.14. The molecule has 0 spiro atoms. The van der Waals surface area contributed by atoms with Gasteiger partial charge in [-0.15, -0.1) is 0 Å². The molecule has 0 aliphatic carbocycles. The highest BCUT2D eigenvalue weighted by Crippen LogP contribution is 2.34. The molecular weight excluding hydrogens is 402 g/mol. The first-order valence-corrected chi connectivity index (χ1v) is 10.6. The van der Waals surface area contributed by atoms with Crippen LogP contribution in [0.3, 0.4) is 0 Å². The topological polar surface area (TPSA) is 76.4 Å². The van der Waals surface area contributed by atoms with Gasteiger partial charge in [0.05, 0.1) is 18.8 Å². The molecule has 0 radical (unpaired) electrons. The zero-order valence-electron chi connectivity index (χ0n) is 18.6. The lowest BCUT2D eigenvalue weighted by atomic mass is 9.94. The summed E-state index contributed by atoms with van der Waals surface area (Å²) in [5.41, 5.74) is 7.42. The van der Waals surface area contributed by atoms with Crippen LogP contribution >= 0.6 is 0 Å². The van der Waals surface area contributed by atoms with E-state index >= 15 is 0 Å². The van der Waals surface area contributed by atoms with Crippen LogP contribution in [-0.2, 0) is 24.8 Å². The van der Waals surface area contributed by atoms with Crippen molar-refractivity contribution in [3.63, 3.8) is 0 Å². The maximum atomic E-state index is 11.1. The second-order valence-corrected chi connectivity index (χ2v) is 7.96. The quantitative estimate of drug-likeness (QED) is 0.403. The number of carboxylic acids is 1. The van der Waals surface area contributed by atoms with Crippen LogP contribution < -0.4 is 10.1 Å². The Hall–Kier alpha value is -3.80. The van der Waals surface area contributed by atoms with E-state index in [1.165, 1.54) is 0 Å². The molecule has 6 nitrogen and oxygen atoms in total.